The molecule has 0 aromatic heterocycles. The van der Waals surface area contributed by atoms with Crippen LogP contribution in [0.3, 0.4) is 0 Å². The third-order valence-corrected chi connectivity index (χ3v) is 4.35. The third-order valence-electron chi connectivity index (χ3n) is 4.35. The van der Waals surface area contributed by atoms with E-state index in [0.717, 1.165) is 45.2 Å². The first-order valence-corrected chi connectivity index (χ1v) is 7.45. The summed E-state index contributed by atoms with van der Waals surface area (Å²) in [5.74, 6) is 1.43. The molecule has 4 nitrogen and oxygen atoms in total. The summed E-state index contributed by atoms with van der Waals surface area (Å²) in [6.45, 7) is 8.12. The lowest BCUT2D eigenvalue weighted by Crippen LogP contribution is -2.44. The first-order chi connectivity index (χ1) is 8.79. The van der Waals surface area contributed by atoms with E-state index < -0.39 is 0 Å². The molecular weight excluding hydrogens is 228 g/mol. The van der Waals surface area contributed by atoms with E-state index in [-0.39, 0.29) is 6.29 Å². The highest BCUT2D eigenvalue weighted by Crippen LogP contribution is 2.22. The summed E-state index contributed by atoms with van der Waals surface area (Å²) in [4.78, 5) is 2.49. The van der Waals surface area contributed by atoms with Crippen LogP contribution in [0.25, 0.3) is 0 Å². The summed E-state index contributed by atoms with van der Waals surface area (Å²) in [7, 11) is 0. The van der Waals surface area contributed by atoms with Crippen molar-refractivity contribution < 1.29 is 9.47 Å². The van der Waals surface area contributed by atoms with Crippen LogP contribution in [0.15, 0.2) is 0 Å². The van der Waals surface area contributed by atoms with Crippen LogP contribution < -0.4 is 5.73 Å². The van der Waals surface area contributed by atoms with Crippen molar-refractivity contribution in [3.8, 4) is 0 Å². The van der Waals surface area contributed by atoms with E-state index in [1.807, 2.05) is 0 Å². The highest BCUT2D eigenvalue weighted by atomic mass is 16.7. The molecule has 0 spiro atoms. The zero-order chi connectivity index (χ0) is 12.8. The summed E-state index contributed by atoms with van der Waals surface area (Å²) >= 11 is 0. The van der Waals surface area contributed by atoms with Crippen molar-refractivity contribution in [2.45, 2.75) is 38.9 Å². The van der Waals surface area contributed by atoms with Crippen LogP contribution in [0.1, 0.15) is 32.6 Å². The van der Waals surface area contributed by atoms with Gasteiger partial charge in [0.1, 0.15) is 0 Å². The summed E-state index contributed by atoms with van der Waals surface area (Å²) in [5, 5.41) is 0. The zero-order valence-corrected chi connectivity index (χ0v) is 11.6. The number of nitrogens with two attached hydrogens (primary N) is 1. The molecule has 18 heavy (non-hydrogen) atoms. The molecule has 2 N–H and O–H groups in total. The van der Waals surface area contributed by atoms with Crippen LogP contribution in [0.2, 0.25) is 0 Å². The van der Waals surface area contributed by atoms with Gasteiger partial charge in [-0.3, -0.25) is 0 Å². The SMILES string of the molecule is CC1CCN(CCOC2CCCCO2)CC1CN. The first-order valence-electron chi connectivity index (χ1n) is 7.45. The van der Waals surface area contributed by atoms with E-state index in [0.29, 0.717) is 5.92 Å². The van der Waals surface area contributed by atoms with E-state index in [1.165, 1.54) is 25.8 Å². The predicted octanol–water partition coefficient (Wildman–Crippen LogP) is 1.45. The van der Waals surface area contributed by atoms with Gasteiger partial charge in [-0.05, 0) is 50.6 Å². The summed E-state index contributed by atoms with van der Waals surface area (Å²) in [6, 6.07) is 0. The van der Waals surface area contributed by atoms with Gasteiger partial charge in [0.15, 0.2) is 6.29 Å². The largest absolute Gasteiger partial charge is 0.353 e. The van der Waals surface area contributed by atoms with E-state index in [2.05, 4.69) is 11.8 Å². The fourth-order valence-electron chi connectivity index (χ4n) is 2.89. The van der Waals surface area contributed by atoms with Crippen LogP contribution >= 0.6 is 0 Å². The molecule has 2 heterocycles. The second-order valence-electron chi connectivity index (χ2n) is 5.73. The Balaban J connectivity index is 1.61. The maximum atomic E-state index is 5.82. The van der Waals surface area contributed by atoms with Crippen molar-refractivity contribution in [2.24, 2.45) is 17.6 Å². The Labute approximate surface area is 111 Å². The van der Waals surface area contributed by atoms with E-state index in [9.17, 15) is 0 Å². The second kappa shape index (κ2) is 7.43. The van der Waals surface area contributed by atoms with Gasteiger partial charge in [-0.15, -0.1) is 0 Å². The van der Waals surface area contributed by atoms with Crippen LogP contribution in [-0.2, 0) is 9.47 Å². The molecule has 0 aromatic carbocycles. The minimum atomic E-state index is 0.0489. The maximum Gasteiger partial charge on any atom is 0.157 e. The van der Waals surface area contributed by atoms with Crippen LogP contribution in [-0.4, -0.2) is 50.6 Å². The van der Waals surface area contributed by atoms with Gasteiger partial charge in [0, 0.05) is 19.7 Å². The quantitative estimate of drug-likeness (QED) is 0.809. The molecule has 2 fully saturated rings. The van der Waals surface area contributed by atoms with E-state index >= 15 is 0 Å². The lowest BCUT2D eigenvalue weighted by molar-refractivity contribution is -0.164. The number of rotatable bonds is 5. The van der Waals surface area contributed by atoms with Gasteiger partial charge in [0.05, 0.1) is 6.61 Å². The number of hydrogen-bond donors (Lipinski definition) is 1. The molecule has 4 heteroatoms. The Kier molecular flexibility index (Phi) is 5.89. The second-order valence-corrected chi connectivity index (χ2v) is 5.73. The monoisotopic (exact) mass is 256 g/mol. The Bertz CT molecular complexity index is 232. The standard InChI is InChI=1S/C14H28N2O2/c1-12-5-6-16(11-13(12)10-15)7-9-18-14-4-2-3-8-17-14/h12-14H,2-11,15H2,1H3. The number of nitrogens with zero attached hydrogens (tertiary/aromatic N) is 1. The molecule has 2 aliphatic rings. The molecule has 0 aromatic rings. The topological polar surface area (TPSA) is 47.7 Å². The Morgan fingerprint density at radius 2 is 2.22 bits per heavy atom. The smallest absolute Gasteiger partial charge is 0.157 e. The third kappa shape index (κ3) is 4.19. The molecule has 3 atom stereocenters. The molecule has 0 bridgehead atoms. The van der Waals surface area contributed by atoms with Crippen LogP contribution in [0.5, 0.6) is 0 Å². The molecule has 2 rings (SSSR count). The van der Waals surface area contributed by atoms with Gasteiger partial charge in [0.25, 0.3) is 0 Å². The number of likely N-dealkylation sites (tertiary alicyclic amines) is 1. The number of hydrogen-bond acceptors (Lipinski definition) is 4. The average molecular weight is 256 g/mol. The number of ether oxygens (including phenoxy) is 2. The van der Waals surface area contributed by atoms with E-state index in [4.69, 9.17) is 15.2 Å². The van der Waals surface area contributed by atoms with Gasteiger partial charge in [-0.25, -0.2) is 0 Å². The Morgan fingerprint density at radius 3 is 2.94 bits per heavy atom. The molecule has 2 aliphatic heterocycles. The van der Waals surface area contributed by atoms with Crippen LogP contribution in [0.4, 0.5) is 0 Å². The highest BCUT2D eigenvalue weighted by Gasteiger charge is 2.25. The summed E-state index contributed by atoms with van der Waals surface area (Å²) in [6.07, 6.45) is 4.79. The molecule has 2 saturated heterocycles. The molecular formula is C14H28N2O2. The zero-order valence-electron chi connectivity index (χ0n) is 11.6. The van der Waals surface area contributed by atoms with Gasteiger partial charge in [0.2, 0.25) is 0 Å². The average Bonchev–Trinajstić information content (AvgIpc) is 2.42. The van der Waals surface area contributed by atoms with Crippen molar-refractivity contribution >= 4 is 0 Å². The Hall–Kier alpha value is -0.160. The molecule has 3 unspecified atom stereocenters. The van der Waals surface area contributed by atoms with Gasteiger partial charge < -0.3 is 20.1 Å². The molecule has 0 saturated carbocycles. The lowest BCUT2D eigenvalue weighted by atomic mass is 9.87. The normalized spacial score (nSPS) is 34.7. The van der Waals surface area contributed by atoms with Gasteiger partial charge in [-0.2, -0.15) is 0 Å². The Morgan fingerprint density at radius 1 is 1.33 bits per heavy atom. The molecule has 0 amide bonds. The van der Waals surface area contributed by atoms with Crippen molar-refractivity contribution in [1.82, 2.24) is 4.90 Å². The van der Waals surface area contributed by atoms with Gasteiger partial charge in [-0.1, -0.05) is 6.92 Å². The molecule has 0 radical (unpaired) electrons. The summed E-state index contributed by atoms with van der Waals surface area (Å²) < 4.78 is 11.4. The fourth-order valence-corrected chi connectivity index (χ4v) is 2.89. The highest BCUT2D eigenvalue weighted by molar-refractivity contribution is 4.78. The van der Waals surface area contributed by atoms with Crippen LogP contribution in [0, 0.1) is 11.8 Å². The van der Waals surface area contributed by atoms with Crippen molar-refractivity contribution in [3.63, 3.8) is 0 Å². The minimum absolute atomic E-state index is 0.0489. The molecule has 0 aliphatic carbocycles. The van der Waals surface area contributed by atoms with E-state index in [1.54, 1.807) is 0 Å². The summed E-state index contributed by atoms with van der Waals surface area (Å²) in [5.41, 5.74) is 5.82. The van der Waals surface area contributed by atoms with Crippen molar-refractivity contribution in [2.75, 3.05) is 39.4 Å². The molecule has 106 valence electrons. The fraction of sp³-hybridized carbons (Fsp3) is 1.00. The van der Waals surface area contributed by atoms with Crippen molar-refractivity contribution in [3.05, 3.63) is 0 Å². The first kappa shape index (κ1) is 14.3. The van der Waals surface area contributed by atoms with Gasteiger partial charge >= 0.3 is 0 Å². The number of piperidine rings is 1. The van der Waals surface area contributed by atoms with Crippen molar-refractivity contribution in [1.29, 1.82) is 0 Å². The maximum absolute atomic E-state index is 5.82. The lowest BCUT2D eigenvalue weighted by Gasteiger charge is -2.36. The predicted molar refractivity (Wildman–Crippen MR) is 72.3 cm³/mol. The minimum Gasteiger partial charge on any atom is -0.353 e.